The second-order valence-electron chi connectivity index (χ2n) is 4.45. The molecule has 0 atom stereocenters. The Hall–Kier alpha value is -1.54. The van der Waals surface area contributed by atoms with E-state index in [4.69, 9.17) is 16.3 Å². The molecule has 2 rings (SSSR count). The van der Waals surface area contributed by atoms with Crippen LogP contribution in [0, 0.1) is 20.8 Å². The summed E-state index contributed by atoms with van der Waals surface area (Å²) < 4.78 is 5.79. The van der Waals surface area contributed by atoms with Gasteiger partial charge in [0.05, 0.1) is 0 Å². The summed E-state index contributed by atoms with van der Waals surface area (Å²) in [4.78, 5) is 4.29. The number of halogens is 1. The zero-order chi connectivity index (χ0) is 13.1. The van der Waals surface area contributed by atoms with Crippen molar-refractivity contribution in [2.24, 2.45) is 0 Å². The molecule has 94 valence electrons. The molecule has 0 radical (unpaired) electrons. The molecule has 0 spiro atoms. The van der Waals surface area contributed by atoms with Crippen LogP contribution in [0.15, 0.2) is 30.5 Å². The fourth-order valence-corrected chi connectivity index (χ4v) is 1.84. The molecule has 0 saturated carbocycles. The lowest BCUT2D eigenvalue weighted by atomic mass is 10.1. The van der Waals surface area contributed by atoms with Crippen LogP contribution in [-0.2, 0) is 5.88 Å². The van der Waals surface area contributed by atoms with Crippen molar-refractivity contribution in [3.63, 3.8) is 0 Å². The van der Waals surface area contributed by atoms with Gasteiger partial charge < -0.3 is 4.74 Å². The first-order valence-electron chi connectivity index (χ1n) is 5.86. The zero-order valence-electron chi connectivity index (χ0n) is 10.8. The Kier molecular flexibility index (Phi) is 3.87. The Labute approximate surface area is 113 Å². The Morgan fingerprint density at radius 2 is 1.83 bits per heavy atom. The second-order valence-corrected chi connectivity index (χ2v) is 4.71. The largest absolute Gasteiger partial charge is 0.439 e. The van der Waals surface area contributed by atoms with E-state index in [-0.39, 0.29) is 0 Å². The Bertz CT molecular complexity index is 566. The minimum atomic E-state index is 0.470. The predicted molar refractivity (Wildman–Crippen MR) is 74.5 cm³/mol. The highest BCUT2D eigenvalue weighted by molar-refractivity contribution is 6.17. The van der Waals surface area contributed by atoms with Crippen LogP contribution in [-0.4, -0.2) is 4.98 Å². The first-order valence-corrected chi connectivity index (χ1v) is 6.40. The molecule has 18 heavy (non-hydrogen) atoms. The van der Waals surface area contributed by atoms with Gasteiger partial charge in [0, 0.05) is 17.6 Å². The van der Waals surface area contributed by atoms with E-state index in [1.54, 1.807) is 6.20 Å². The lowest BCUT2D eigenvalue weighted by Crippen LogP contribution is -1.93. The van der Waals surface area contributed by atoms with E-state index in [0.717, 1.165) is 16.9 Å². The second kappa shape index (κ2) is 5.40. The fraction of sp³-hybridized carbons (Fsp3) is 0.267. The van der Waals surface area contributed by atoms with Crippen LogP contribution < -0.4 is 4.74 Å². The summed E-state index contributed by atoms with van der Waals surface area (Å²) in [6.45, 7) is 6.12. The average molecular weight is 262 g/mol. The number of hydrogen-bond acceptors (Lipinski definition) is 2. The standard InChI is InChI=1S/C15H16ClNO/c1-10-4-5-14(7-11(10)2)18-15-12(3)6-13(8-16)9-17-15/h4-7,9H,8H2,1-3H3. The molecule has 1 heterocycles. The first kappa shape index (κ1) is 12.9. The highest BCUT2D eigenvalue weighted by atomic mass is 35.5. The molecule has 1 aromatic carbocycles. The van der Waals surface area contributed by atoms with Crippen LogP contribution in [0.2, 0.25) is 0 Å². The minimum absolute atomic E-state index is 0.470. The maximum atomic E-state index is 5.79. The monoisotopic (exact) mass is 261 g/mol. The third-order valence-electron chi connectivity index (χ3n) is 2.93. The first-order chi connectivity index (χ1) is 8.60. The number of benzene rings is 1. The number of rotatable bonds is 3. The molecule has 0 bridgehead atoms. The SMILES string of the molecule is Cc1ccc(Oc2ncc(CCl)cc2C)cc1C. The number of aryl methyl sites for hydroxylation is 3. The molecule has 0 aliphatic rings. The van der Waals surface area contributed by atoms with Crippen molar-refractivity contribution in [3.8, 4) is 11.6 Å². The maximum Gasteiger partial charge on any atom is 0.222 e. The summed E-state index contributed by atoms with van der Waals surface area (Å²) in [5.41, 5.74) is 4.46. The molecular weight excluding hydrogens is 246 g/mol. The normalized spacial score (nSPS) is 10.4. The predicted octanol–water partition coefficient (Wildman–Crippen LogP) is 4.54. The third-order valence-corrected chi connectivity index (χ3v) is 3.24. The van der Waals surface area contributed by atoms with Gasteiger partial charge in [-0.05, 0) is 55.7 Å². The maximum absolute atomic E-state index is 5.79. The Balaban J connectivity index is 2.25. The summed E-state index contributed by atoms with van der Waals surface area (Å²) in [7, 11) is 0. The van der Waals surface area contributed by atoms with E-state index < -0.39 is 0 Å². The average Bonchev–Trinajstić information content (AvgIpc) is 2.36. The van der Waals surface area contributed by atoms with E-state index in [9.17, 15) is 0 Å². The van der Waals surface area contributed by atoms with Crippen LogP contribution in [0.25, 0.3) is 0 Å². The van der Waals surface area contributed by atoms with Crippen molar-refractivity contribution in [3.05, 3.63) is 52.7 Å². The van der Waals surface area contributed by atoms with E-state index >= 15 is 0 Å². The van der Waals surface area contributed by atoms with Crippen molar-refractivity contribution >= 4 is 11.6 Å². The van der Waals surface area contributed by atoms with E-state index in [0.29, 0.717) is 11.8 Å². The van der Waals surface area contributed by atoms with Gasteiger partial charge in [-0.15, -0.1) is 11.6 Å². The summed E-state index contributed by atoms with van der Waals surface area (Å²) in [6.07, 6.45) is 1.75. The van der Waals surface area contributed by atoms with Crippen molar-refractivity contribution in [1.29, 1.82) is 0 Å². The molecule has 2 nitrogen and oxygen atoms in total. The number of nitrogens with zero attached hydrogens (tertiary/aromatic N) is 1. The van der Waals surface area contributed by atoms with Gasteiger partial charge in [0.2, 0.25) is 5.88 Å². The van der Waals surface area contributed by atoms with Crippen LogP contribution >= 0.6 is 11.6 Å². The lowest BCUT2D eigenvalue weighted by Gasteiger charge is -2.09. The molecular formula is C15H16ClNO. The van der Waals surface area contributed by atoms with E-state index in [1.165, 1.54) is 11.1 Å². The zero-order valence-corrected chi connectivity index (χ0v) is 11.6. The summed E-state index contributed by atoms with van der Waals surface area (Å²) >= 11 is 5.77. The molecule has 3 heteroatoms. The van der Waals surface area contributed by atoms with Crippen LogP contribution in [0.1, 0.15) is 22.3 Å². The molecule has 0 aliphatic heterocycles. The van der Waals surface area contributed by atoms with Gasteiger partial charge in [-0.3, -0.25) is 0 Å². The summed E-state index contributed by atoms with van der Waals surface area (Å²) in [5.74, 6) is 1.91. The van der Waals surface area contributed by atoms with Gasteiger partial charge in [0.15, 0.2) is 0 Å². The molecule has 0 aliphatic carbocycles. The molecule has 0 unspecified atom stereocenters. The molecule has 1 aromatic heterocycles. The number of pyridine rings is 1. The van der Waals surface area contributed by atoms with Crippen LogP contribution in [0.5, 0.6) is 11.6 Å². The topological polar surface area (TPSA) is 22.1 Å². The van der Waals surface area contributed by atoms with Crippen molar-refractivity contribution in [2.45, 2.75) is 26.7 Å². The van der Waals surface area contributed by atoms with Gasteiger partial charge in [0.1, 0.15) is 5.75 Å². The summed E-state index contributed by atoms with van der Waals surface area (Å²) in [5, 5.41) is 0. The van der Waals surface area contributed by atoms with Crippen molar-refractivity contribution in [1.82, 2.24) is 4.98 Å². The van der Waals surface area contributed by atoms with Crippen molar-refractivity contribution in [2.75, 3.05) is 0 Å². The van der Waals surface area contributed by atoms with Crippen LogP contribution in [0.4, 0.5) is 0 Å². The van der Waals surface area contributed by atoms with Crippen molar-refractivity contribution < 1.29 is 4.74 Å². The van der Waals surface area contributed by atoms with Gasteiger partial charge in [-0.2, -0.15) is 0 Å². The highest BCUT2D eigenvalue weighted by Gasteiger charge is 2.05. The van der Waals surface area contributed by atoms with Gasteiger partial charge >= 0.3 is 0 Å². The number of ether oxygens (including phenoxy) is 1. The number of aromatic nitrogens is 1. The van der Waals surface area contributed by atoms with Crippen LogP contribution in [0.3, 0.4) is 0 Å². The molecule has 0 amide bonds. The highest BCUT2D eigenvalue weighted by Crippen LogP contribution is 2.25. The lowest BCUT2D eigenvalue weighted by molar-refractivity contribution is 0.458. The summed E-state index contributed by atoms with van der Waals surface area (Å²) in [6, 6.07) is 8.02. The third kappa shape index (κ3) is 2.82. The Morgan fingerprint density at radius 1 is 1.06 bits per heavy atom. The van der Waals surface area contributed by atoms with Gasteiger partial charge in [-0.25, -0.2) is 4.98 Å². The molecule has 0 N–H and O–H groups in total. The van der Waals surface area contributed by atoms with Gasteiger partial charge in [-0.1, -0.05) is 6.07 Å². The molecule has 0 saturated heterocycles. The van der Waals surface area contributed by atoms with Gasteiger partial charge in [0.25, 0.3) is 0 Å². The molecule has 0 fully saturated rings. The number of alkyl halides is 1. The molecule has 2 aromatic rings. The van der Waals surface area contributed by atoms with E-state index in [2.05, 4.69) is 18.8 Å². The Morgan fingerprint density at radius 3 is 2.44 bits per heavy atom. The van der Waals surface area contributed by atoms with E-state index in [1.807, 2.05) is 31.2 Å². The fourth-order valence-electron chi connectivity index (χ4n) is 1.69. The smallest absolute Gasteiger partial charge is 0.222 e. The number of hydrogen-bond donors (Lipinski definition) is 0. The quantitative estimate of drug-likeness (QED) is 0.757. The minimum Gasteiger partial charge on any atom is -0.439 e.